The molecule has 0 aromatic rings. The largest absolute Gasteiger partial charge is 0.477 e. The number of nitrogens with two attached hydrogens (primary N) is 1. The second-order valence-corrected chi connectivity index (χ2v) is 25.5. The van der Waals surface area contributed by atoms with Gasteiger partial charge in [0, 0.05) is 6.42 Å². The van der Waals surface area contributed by atoms with Crippen LogP contribution in [0.3, 0.4) is 0 Å². The maximum absolute atomic E-state index is 13.7. The minimum atomic E-state index is -4.02. The number of ether oxygens (including phenoxy) is 15. The van der Waals surface area contributed by atoms with Gasteiger partial charge in [-0.05, 0) is 6.92 Å². The van der Waals surface area contributed by atoms with Crippen LogP contribution in [0.2, 0.25) is 0 Å². The summed E-state index contributed by atoms with van der Waals surface area (Å²) < 4.78 is 85.3. The van der Waals surface area contributed by atoms with Gasteiger partial charge in [-0.1, -0.05) is 0 Å². The Bertz CT molecular complexity index is 2620. The van der Waals surface area contributed by atoms with E-state index in [1.807, 2.05) is 0 Å². The zero-order valence-corrected chi connectivity index (χ0v) is 52.8. The molecular weight excluding hydrogens is 1400 g/mol. The topological polar surface area (TPSA) is 785 Å². The number of hydrogen-bond donors (Lipinski definition) is 30. The van der Waals surface area contributed by atoms with Crippen molar-refractivity contribution in [3.8, 4) is 0 Å². The molecule has 0 radical (unpaired) electrons. The van der Waals surface area contributed by atoms with Gasteiger partial charge >= 0.3 is 11.9 Å². The van der Waals surface area contributed by atoms with Crippen LogP contribution < -0.4 is 5.73 Å². The first kappa shape index (κ1) is 83.9. The van der Waals surface area contributed by atoms with Crippen LogP contribution in [0.25, 0.3) is 0 Å². The molecule has 588 valence electrons. The number of carboxylic acid groups (broad SMARTS) is 2. The van der Waals surface area contributed by atoms with E-state index in [1.54, 1.807) is 0 Å². The second-order valence-electron chi connectivity index (χ2n) is 25.5. The fourth-order valence-corrected chi connectivity index (χ4v) is 12.6. The smallest absolute Gasteiger partial charge is 0.367 e. The minimum absolute atomic E-state index is 0.445. The lowest BCUT2D eigenvalue weighted by atomic mass is 9.88. The molecule has 8 aliphatic rings. The minimum Gasteiger partial charge on any atom is -0.477 e. The Balaban J connectivity index is 1.21. The first-order valence-electron chi connectivity index (χ1n) is 31.5. The molecule has 8 fully saturated rings. The Morgan fingerprint density at radius 3 is 1.49 bits per heavy atom. The Morgan fingerprint density at radius 1 is 0.436 bits per heavy atom. The molecule has 101 heavy (non-hydrogen) atoms. The quantitative estimate of drug-likeness (QED) is 0.0363. The first-order valence-corrected chi connectivity index (χ1v) is 31.5. The van der Waals surface area contributed by atoms with E-state index in [9.17, 15) is 158 Å². The van der Waals surface area contributed by atoms with Crippen LogP contribution in [-0.4, -0.2) is 469 Å². The summed E-state index contributed by atoms with van der Waals surface area (Å²) in [6.07, 6.45) is -96.4. The molecule has 0 amide bonds. The van der Waals surface area contributed by atoms with Crippen LogP contribution >= 0.6 is 0 Å². The molecule has 0 saturated carbocycles. The van der Waals surface area contributed by atoms with Crippen molar-refractivity contribution in [2.45, 2.75) is 276 Å². The highest BCUT2D eigenvalue weighted by Crippen LogP contribution is 2.44. The SMILES string of the molecule is C[C@@H]1O[C@@H](O[C@@H]2[C@@H](O[C@@H]3[C@H](O)[C@@H](O[C@H]4[C@@H]([C@H](O)CO)O[C@@](O)(C(=O)O)C[C@H]4O[C@@]4(C(=O)O)O[C@H]([C@H](O)CO[C@H]5OC[C@H](N)[C@H](O)[C@H]5O)[C@H](O)[C@H](O)[C@@H]4O)O[C@H]([C@@H](O)CO)[C@H]3O[C@@H]3O[C@H](CO)[C@@H](O)[C@H](O)[C@H]3O)O[C@H]([C@@H](O)CO[C@H]3O[C@H]([C@@H](O)CO)[C@@H](O)[C@H](O)[C@@H]3O)[C@@H](O)[C@@H]2O)[C@H](O)[C@H](O)[C@H]1O. The third kappa shape index (κ3) is 17.2. The van der Waals surface area contributed by atoms with Gasteiger partial charge in [0.1, 0.15) is 195 Å². The van der Waals surface area contributed by atoms with Gasteiger partial charge in [0.2, 0.25) is 0 Å². The summed E-state index contributed by atoms with van der Waals surface area (Å²) >= 11 is 0. The van der Waals surface area contributed by atoms with Crippen LogP contribution in [0.4, 0.5) is 0 Å². The number of carbonyl (C=O) groups is 2. The van der Waals surface area contributed by atoms with E-state index >= 15 is 0 Å². The molecule has 0 aromatic heterocycles. The number of aliphatic hydroxyl groups excluding tert-OH is 26. The molecule has 47 nitrogen and oxygen atoms in total. The van der Waals surface area contributed by atoms with Crippen LogP contribution in [-0.2, 0) is 80.6 Å². The molecule has 0 aromatic carbocycles. The molecule has 8 heterocycles. The van der Waals surface area contributed by atoms with Crippen LogP contribution in [0.5, 0.6) is 0 Å². The van der Waals surface area contributed by atoms with Crippen molar-refractivity contribution in [2.24, 2.45) is 5.73 Å². The maximum atomic E-state index is 13.7. The zero-order chi connectivity index (χ0) is 75.1. The number of rotatable bonds is 27. The summed E-state index contributed by atoms with van der Waals surface area (Å²) in [5.41, 5.74) is 5.68. The lowest BCUT2D eigenvalue weighted by molar-refractivity contribution is -0.423. The Hall–Kier alpha value is -2.78. The summed E-state index contributed by atoms with van der Waals surface area (Å²) in [6, 6.07) is -1.15. The van der Waals surface area contributed by atoms with Gasteiger partial charge in [-0.2, -0.15) is 0 Å². The van der Waals surface area contributed by atoms with Gasteiger partial charge < -0.3 is 225 Å². The average Bonchev–Trinajstić information content (AvgIpc) is 0.728. The standard InChI is InChI=1S/C54H91NO46/c1-10-19(65)22(68)32(78)47(90-10)97-42-27(73)26(72)36(15(63)8-89-46-31(77)24(70)25(71)35(92-46)12(60)3-56)93-50(42)96-41-34(80)49(94-38(13(61)4-57)43(41)98-48-33(79)23(69)21(67)18(6-59)91-48)95-40-17(2-53(86,51(82)83)100-39(40)14(62)5-58)99-54(52(84)85)44(81)29(75)28(74)37(101-54)16(64)9-88-45-30(76)20(66)11(55)7-87-45/h10-50,56-81,86H,2-9,55H2,1H3,(H,82,83)(H,84,85)/t10-,11-,12-,13-,14+,15-,16+,17+,18+,19-,20-,21+,22+,23-,24-,25-,26-,27-,28+,29-,30+,31-,32+,33+,34-,35+,36+,37+,38+,39+,40+,41+,42-,43+,44-,45+,46-,47-,48-,49+,50+,53+,54+/m0/s1. The molecule has 0 spiro atoms. The maximum Gasteiger partial charge on any atom is 0.367 e. The number of hydrogen-bond acceptors (Lipinski definition) is 45. The number of aliphatic hydroxyl groups is 27. The van der Waals surface area contributed by atoms with Gasteiger partial charge in [-0.15, -0.1) is 0 Å². The summed E-state index contributed by atoms with van der Waals surface area (Å²) in [6.45, 7) is -7.03. The van der Waals surface area contributed by atoms with Crippen molar-refractivity contribution in [3.05, 3.63) is 0 Å². The lowest BCUT2D eigenvalue weighted by Gasteiger charge is -2.53. The molecule has 47 heteroatoms. The van der Waals surface area contributed by atoms with E-state index in [0.717, 1.165) is 6.92 Å². The van der Waals surface area contributed by atoms with Gasteiger partial charge in [0.05, 0.1) is 64.5 Å². The van der Waals surface area contributed by atoms with E-state index in [1.165, 1.54) is 0 Å². The molecular formula is C54H91NO46. The Labute approximate surface area is 567 Å². The second kappa shape index (κ2) is 34.6. The summed E-state index contributed by atoms with van der Waals surface area (Å²) in [4.78, 5) is 26.6. The Kier molecular flexibility index (Phi) is 28.8. The lowest BCUT2D eigenvalue weighted by Crippen LogP contribution is -2.73. The van der Waals surface area contributed by atoms with Crippen molar-refractivity contribution in [2.75, 3.05) is 46.2 Å². The molecule has 0 aliphatic carbocycles. The monoisotopic (exact) mass is 1490 g/mol. The predicted octanol–water partition coefficient (Wildman–Crippen LogP) is -20.1. The van der Waals surface area contributed by atoms with E-state index in [4.69, 9.17) is 76.8 Å². The molecule has 0 unspecified atom stereocenters. The first-order chi connectivity index (χ1) is 47.3. The van der Waals surface area contributed by atoms with Crippen molar-refractivity contribution >= 4 is 11.9 Å². The third-order valence-corrected chi connectivity index (χ3v) is 18.6. The van der Waals surface area contributed by atoms with E-state index in [0.29, 0.717) is 0 Å². The van der Waals surface area contributed by atoms with Crippen LogP contribution in [0.15, 0.2) is 0 Å². The van der Waals surface area contributed by atoms with Crippen molar-refractivity contribution in [3.63, 3.8) is 0 Å². The van der Waals surface area contributed by atoms with Crippen LogP contribution in [0.1, 0.15) is 13.3 Å². The summed E-state index contributed by atoms with van der Waals surface area (Å²) in [5, 5.41) is 319. The van der Waals surface area contributed by atoms with E-state index < -0.39 is 327 Å². The molecule has 8 aliphatic heterocycles. The molecule has 8 saturated heterocycles. The van der Waals surface area contributed by atoms with E-state index in [-0.39, 0.29) is 0 Å². The van der Waals surface area contributed by atoms with Gasteiger partial charge in [-0.3, -0.25) is 0 Å². The van der Waals surface area contributed by atoms with Crippen molar-refractivity contribution in [1.29, 1.82) is 0 Å². The summed E-state index contributed by atoms with van der Waals surface area (Å²) in [7, 11) is 0. The van der Waals surface area contributed by atoms with Gasteiger partial charge in [0.25, 0.3) is 11.6 Å². The normalized spacial score (nSPS) is 50.2. The van der Waals surface area contributed by atoms with Gasteiger partial charge in [0.15, 0.2) is 37.7 Å². The van der Waals surface area contributed by atoms with E-state index in [2.05, 4.69) is 0 Å². The predicted molar refractivity (Wildman–Crippen MR) is 301 cm³/mol. The highest BCUT2D eigenvalue weighted by atomic mass is 16.8. The number of aliphatic carboxylic acids is 2. The molecule has 0 bridgehead atoms. The molecule has 8 rings (SSSR count). The zero-order valence-electron chi connectivity index (χ0n) is 52.8. The summed E-state index contributed by atoms with van der Waals surface area (Å²) in [5.74, 6) is -12.7. The molecule has 43 atom stereocenters. The molecule has 31 N–H and O–H groups in total. The van der Waals surface area contributed by atoms with Crippen molar-refractivity contribution in [1.82, 2.24) is 0 Å². The van der Waals surface area contributed by atoms with Crippen LogP contribution in [0, 0.1) is 0 Å². The van der Waals surface area contributed by atoms with Gasteiger partial charge in [-0.25, -0.2) is 9.59 Å². The average molecular weight is 1490 g/mol. The fourth-order valence-electron chi connectivity index (χ4n) is 12.6. The number of carboxylic acids is 2. The highest BCUT2D eigenvalue weighted by Gasteiger charge is 2.67. The van der Waals surface area contributed by atoms with Crippen molar-refractivity contribution < 1.29 is 229 Å². The fraction of sp³-hybridized carbons (Fsp3) is 0.963. The highest BCUT2D eigenvalue weighted by molar-refractivity contribution is 5.77. The third-order valence-electron chi connectivity index (χ3n) is 18.6. The Morgan fingerprint density at radius 2 is 0.891 bits per heavy atom.